The van der Waals surface area contributed by atoms with Crippen molar-refractivity contribution in [2.24, 2.45) is 7.05 Å². The van der Waals surface area contributed by atoms with Crippen LogP contribution < -0.4 is 5.73 Å². The van der Waals surface area contributed by atoms with E-state index in [2.05, 4.69) is 10.1 Å². The second kappa shape index (κ2) is 5.73. The lowest BCUT2D eigenvalue weighted by atomic mass is 10.2. The highest BCUT2D eigenvalue weighted by Crippen LogP contribution is 2.16. The molecule has 0 saturated heterocycles. The Morgan fingerprint density at radius 2 is 2.20 bits per heavy atom. The third kappa shape index (κ3) is 2.79. The molecule has 20 heavy (non-hydrogen) atoms. The van der Waals surface area contributed by atoms with Gasteiger partial charge in [-0.25, -0.2) is 0 Å². The number of amides is 1. The van der Waals surface area contributed by atoms with Crippen molar-refractivity contribution >= 4 is 11.6 Å². The predicted octanol–water partition coefficient (Wildman–Crippen LogP) is 1.02. The Balaban J connectivity index is 2.05. The van der Waals surface area contributed by atoms with Crippen LogP contribution in [-0.2, 0) is 13.5 Å². The maximum absolute atomic E-state index is 12.4. The molecule has 0 atom stereocenters. The molecule has 0 fully saturated rings. The van der Waals surface area contributed by atoms with Crippen LogP contribution in [0.5, 0.6) is 0 Å². The van der Waals surface area contributed by atoms with E-state index in [1.165, 1.54) is 4.68 Å². The zero-order valence-corrected chi connectivity index (χ0v) is 12.0. The topological polar surface area (TPSA) is 77.0 Å². The lowest BCUT2D eigenvalue weighted by Crippen LogP contribution is -2.31. The van der Waals surface area contributed by atoms with Crippen LogP contribution in [-0.4, -0.2) is 39.2 Å². The minimum Gasteiger partial charge on any atom is -0.395 e. The van der Waals surface area contributed by atoms with Gasteiger partial charge in [-0.15, -0.1) is 0 Å². The molecule has 0 bridgehead atoms. The molecule has 2 aromatic heterocycles. The molecule has 0 radical (unpaired) electrons. The SMILES string of the molecule is Cc1nn(C)c(C(=O)N(C)CCc2ccccn2)c1N. The van der Waals surface area contributed by atoms with Gasteiger partial charge in [-0.2, -0.15) is 5.10 Å². The lowest BCUT2D eigenvalue weighted by molar-refractivity contribution is 0.0786. The third-order valence-corrected chi connectivity index (χ3v) is 3.25. The van der Waals surface area contributed by atoms with Crippen LogP contribution in [0.25, 0.3) is 0 Å². The van der Waals surface area contributed by atoms with E-state index in [0.717, 1.165) is 5.69 Å². The molecular formula is C14H19N5O. The minimum atomic E-state index is -0.124. The van der Waals surface area contributed by atoms with Crippen LogP contribution in [0.1, 0.15) is 21.9 Å². The summed E-state index contributed by atoms with van der Waals surface area (Å²) in [6, 6.07) is 5.75. The number of pyridine rings is 1. The first-order valence-corrected chi connectivity index (χ1v) is 6.45. The number of nitrogens with zero attached hydrogens (tertiary/aromatic N) is 4. The summed E-state index contributed by atoms with van der Waals surface area (Å²) in [5.41, 5.74) is 8.42. The average Bonchev–Trinajstić information content (AvgIpc) is 2.70. The van der Waals surface area contributed by atoms with Crippen molar-refractivity contribution in [3.63, 3.8) is 0 Å². The lowest BCUT2D eigenvalue weighted by Gasteiger charge is -2.17. The van der Waals surface area contributed by atoms with Crippen LogP contribution in [0.15, 0.2) is 24.4 Å². The number of hydrogen-bond acceptors (Lipinski definition) is 4. The highest BCUT2D eigenvalue weighted by atomic mass is 16.2. The van der Waals surface area contributed by atoms with Gasteiger partial charge in [0.1, 0.15) is 5.69 Å². The molecule has 0 spiro atoms. The Bertz CT molecular complexity index is 606. The monoisotopic (exact) mass is 273 g/mol. The maximum atomic E-state index is 12.4. The number of aryl methyl sites for hydroxylation is 2. The van der Waals surface area contributed by atoms with E-state index in [4.69, 9.17) is 5.73 Å². The van der Waals surface area contributed by atoms with Crippen molar-refractivity contribution in [1.82, 2.24) is 19.7 Å². The summed E-state index contributed by atoms with van der Waals surface area (Å²) in [7, 11) is 3.48. The third-order valence-electron chi connectivity index (χ3n) is 3.25. The van der Waals surface area contributed by atoms with Crippen LogP contribution in [0.2, 0.25) is 0 Å². The summed E-state index contributed by atoms with van der Waals surface area (Å²) in [6.45, 7) is 2.37. The van der Waals surface area contributed by atoms with Crippen molar-refractivity contribution in [3.05, 3.63) is 41.5 Å². The number of likely N-dealkylation sites (N-methyl/N-ethyl adjacent to an activating group) is 1. The molecule has 1 amide bonds. The fraction of sp³-hybridized carbons (Fsp3) is 0.357. The van der Waals surface area contributed by atoms with E-state index >= 15 is 0 Å². The van der Waals surface area contributed by atoms with E-state index in [-0.39, 0.29) is 5.91 Å². The Labute approximate surface area is 118 Å². The molecule has 0 aromatic carbocycles. The van der Waals surface area contributed by atoms with E-state index in [9.17, 15) is 4.79 Å². The van der Waals surface area contributed by atoms with E-state index in [1.807, 2.05) is 18.2 Å². The summed E-state index contributed by atoms with van der Waals surface area (Å²) >= 11 is 0. The number of aromatic nitrogens is 3. The largest absolute Gasteiger partial charge is 0.395 e. The number of carbonyl (C=O) groups excluding carboxylic acids is 1. The van der Waals surface area contributed by atoms with Gasteiger partial charge in [0, 0.05) is 39.0 Å². The van der Waals surface area contributed by atoms with Crippen molar-refractivity contribution in [3.8, 4) is 0 Å². The maximum Gasteiger partial charge on any atom is 0.274 e. The van der Waals surface area contributed by atoms with Gasteiger partial charge in [-0.3, -0.25) is 14.5 Å². The number of nitrogens with two attached hydrogens (primary N) is 1. The quantitative estimate of drug-likeness (QED) is 0.902. The second-order valence-electron chi connectivity index (χ2n) is 4.77. The zero-order valence-electron chi connectivity index (χ0n) is 12.0. The molecule has 2 rings (SSSR count). The molecule has 0 unspecified atom stereocenters. The standard InChI is InChI=1S/C14H19N5O/c1-10-12(15)13(19(3)17-10)14(20)18(2)9-7-11-6-4-5-8-16-11/h4-6,8H,7,9,15H2,1-3H3. The number of nitrogen functional groups attached to an aromatic ring is 1. The Hall–Kier alpha value is -2.37. The van der Waals surface area contributed by atoms with Gasteiger partial charge in [-0.1, -0.05) is 6.07 Å². The predicted molar refractivity (Wildman–Crippen MR) is 77.3 cm³/mol. The fourth-order valence-electron chi connectivity index (χ4n) is 2.04. The van der Waals surface area contributed by atoms with Gasteiger partial charge in [0.25, 0.3) is 5.91 Å². The van der Waals surface area contributed by atoms with Gasteiger partial charge in [0.05, 0.1) is 11.4 Å². The number of carbonyl (C=O) groups is 1. The smallest absolute Gasteiger partial charge is 0.274 e. The average molecular weight is 273 g/mol. The molecule has 2 heterocycles. The van der Waals surface area contributed by atoms with Gasteiger partial charge < -0.3 is 10.6 Å². The summed E-state index contributed by atoms with van der Waals surface area (Å²) < 4.78 is 1.53. The van der Waals surface area contributed by atoms with Crippen LogP contribution >= 0.6 is 0 Å². The Kier molecular flexibility index (Phi) is 4.02. The highest BCUT2D eigenvalue weighted by molar-refractivity contribution is 5.97. The molecule has 0 aliphatic rings. The highest BCUT2D eigenvalue weighted by Gasteiger charge is 2.21. The van der Waals surface area contributed by atoms with E-state index in [0.29, 0.717) is 30.0 Å². The summed E-state index contributed by atoms with van der Waals surface area (Å²) in [4.78, 5) is 18.3. The molecule has 0 aliphatic carbocycles. The second-order valence-corrected chi connectivity index (χ2v) is 4.77. The first kappa shape index (κ1) is 14.0. The number of anilines is 1. The fourth-order valence-corrected chi connectivity index (χ4v) is 2.04. The van der Waals surface area contributed by atoms with Crippen molar-refractivity contribution < 1.29 is 4.79 Å². The summed E-state index contributed by atoms with van der Waals surface area (Å²) in [6.07, 6.45) is 2.46. The molecule has 6 heteroatoms. The van der Waals surface area contributed by atoms with Crippen molar-refractivity contribution in [1.29, 1.82) is 0 Å². The first-order chi connectivity index (χ1) is 9.50. The van der Waals surface area contributed by atoms with Gasteiger partial charge in [0.2, 0.25) is 0 Å². The molecule has 0 saturated carbocycles. The molecule has 2 aromatic rings. The molecular weight excluding hydrogens is 254 g/mol. The number of hydrogen-bond donors (Lipinski definition) is 1. The molecule has 0 aliphatic heterocycles. The van der Waals surface area contributed by atoms with Crippen molar-refractivity contribution in [2.45, 2.75) is 13.3 Å². The van der Waals surface area contributed by atoms with Crippen molar-refractivity contribution in [2.75, 3.05) is 19.3 Å². The molecule has 6 nitrogen and oxygen atoms in total. The van der Waals surface area contributed by atoms with Crippen LogP contribution in [0, 0.1) is 6.92 Å². The van der Waals surface area contributed by atoms with E-state index < -0.39 is 0 Å². The van der Waals surface area contributed by atoms with Gasteiger partial charge >= 0.3 is 0 Å². The number of rotatable bonds is 4. The summed E-state index contributed by atoms with van der Waals surface area (Å²) in [5, 5.41) is 4.16. The van der Waals surface area contributed by atoms with Crippen LogP contribution in [0.4, 0.5) is 5.69 Å². The molecule has 106 valence electrons. The first-order valence-electron chi connectivity index (χ1n) is 6.45. The minimum absolute atomic E-state index is 0.124. The zero-order chi connectivity index (χ0) is 14.7. The molecule has 2 N–H and O–H groups in total. The Morgan fingerprint density at radius 3 is 2.75 bits per heavy atom. The van der Waals surface area contributed by atoms with Gasteiger partial charge in [-0.05, 0) is 19.1 Å². The van der Waals surface area contributed by atoms with Crippen LogP contribution in [0.3, 0.4) is 0 Å². The Morgan fingerprint density at radius 1 is 1.45 bits per heavy atom. The normalized spacial score (nSPS) is 10.6. The van der Waals surface area contributed by atoms with E-state index in [1.54, 1.807) is 32.1 Å². The summed E-state index contributed by atoms with van der Waals surface area (Å²) in [5.74, 6) is -0.124. The van der Waals surface area contributed by atoms with Gasteiger partial charge in [0.15, 0.2) is 0 Å².